The van der Waals surface area contributed by atoms with Gasteiger partial charge < -0.3 is 4.90 Å². The van der Waals surface area contributed by atoms with Crippen molar-refractivity contribution in [2.45, 2.75) is 18.7 Å². The van der Waals surface area contributed by atoms with Crippen LogP contribution in [0.3, 0.4) is 0 Å². The van der Waals surface area contributed by atoms with E-state index in [1.165, 1.54) is 12.4 Å². The fraction of sp³-hybridized carbons (Fsp3) is 0.667. The van der Waals surface area contributed by atoms with E-state index in [0.29, 0.717) is 13.1 Å². The van der Waals surface area contributed by atoms with Gasteiger partial charge in [0.05, 0.1) is 6.20 Å². The molecule has 7 heteroatoms. The van der Waals surface area contributed by atoms with Crippen LogP contribution < -0.4 is 4.72 Å². The Kier molecular flexibility index (Phi) is 4.91. The number of aromatic nitrogens is 2. The molecule has 0 bridgehead atoms. The molecule has 1 rings (SSSR count). The van der Waals surface area contributed by atoms with Gasteiger partial charge in [-0.15, -0.1) is 0 Å². The van der Waals surface area contributed by atoms with Crippen molar-refractivity contribution in [3.05, 3.63) is 12.4 Å². The highest BCUT2D eigenvalue weighted by molar-refractivity contribution is 7.89. The Morgan fingerprint density at radius 2 is 2.12 bits per heavy atom. The molecule has 0 fully saturated rings. The summed E-state index contributed by atoms with van der Waals surface area (Å²) in [6.45, 7) is 7.06. The van der Waals surface area contributed by atoms with Crippen LogP contribution >= 0.6 is 0 Å². The molecule has 1 aromatic heterocycles. The third kappa shape index (κ3) is 3.58. The Morgan fingerprint density at radius 1 is 1.44 bits per heavy atom. The second-order valence-electron chi connectivity index (χ2n) is 3.36. The van der Waals surface area contributed by atoms with Gasteiger partial charge in [-0.1, -0.05) is 13.8 Å². The van der Waals surface area contributed by atoms with E-state index in [2.05, 4.69) is 19.8 Å². The van der Waals surface area contributed by atoms with E-state index in [-0.39, 0.29) is 4.90 Å². The van der Waals surface area contributed by atoms with Crippen LogP contribution in [0.2, 0.25) is 0 Å². The van der Waals surface area contributed by atoms with E-state index in [1.54, 1.807) is 0 Å². The van der Waals surface area contributed by atoms with Gasteiger partial charge in [0.2, 0.25) is 10.0 Å². The fourth-order valence-corrected chi connectivity index (χ4v) is 2.27. The van der Waals surface area contributed by atoms with Crippen LogP contribution in [-0.4, -0.2) is 49.7 Å². The van der Waals surface area contributed by atoms with Crippen molar-refractivity contribution in [2.75, 3.05) is 26.2 Å². The van der Waals surface area contributed by atoms with Gasteiger partial charge in [-0.05, 0) is 13.1 Å². The second kappa shape index (κ2) is 5.97. The molecule has 92 valence electrons. The van der Waals surface area contributed by atoms with Crippen LogP contribution in [0, 0.1) is 0 Å². The summed E-state index contributed by atoms with van der Waals surface area (Å²) in [4.78, 5) is 2.32. The van der Waals surface area contributed by atoms with Crippen LogP contribution in [0.5, 0.6) is 0 Å². The molecule has 0 aromatic carbocycles. The molecule has 0 amide bonds. The average Bonchev–Trinajstić information content (AvgIpc) is 2.78. The first-order chi connectivity index (χ1) is 7.60. The van der Waals surface area contributed by atoms with Crippen molar-refractivity contribution in [3.63, 3.8) is 0 Å². The normalized spacial score (nSPS) is 12.2. The number of nitrogens with zero attached hydrogens (tertiary/aromatic N) is 2. The lowest BCUT2D eigenvalue weighted by Crippen LogP contribution is -2.34. The maximum Gasteiger partial charge on any atom is 0.243 e. The second-order valence-corrected chi connectivity index (χ2v) is 5.13. The van der Waals surface area contributed by atoms with Crippen LogP contribution in [0.25, 0.3) is 0 Å². The molecule has 0 aliphatic heterocycles. The minimum Gasteiger partial charge on any atom is -0.303 e. The van der Waals surface area contributed by atoms with Crippen molar-refractivity contribution in [3.8, 4) is 0 Å². The Morgan fingerprint density at radius 3 is 2.62 bits per heavy atom. The number of hydrogen-bond acceptors (Lipinski definition) is 4. The molecule has 0 unspecified atom stereocenters. The molecule has 0 atom stereocenters. The van der Waals surface area contributed by atoms with Crippen LogP contribution in [0.1, 0.15) is 13.8 Å². The highest BCUT2D eigenvalue weighted by Crippen LogP contribution is 2.03. The topological polar surface area (TPSA) is 78.1 Å². The molecule has 0 saturated heterocycles. The molecule has 0 spiro atoms. The molecule has 2 N–H and O–H groups in total. The molecule has 6 nitrogen and oxygen atoms in total. The first-order valence-electron chi connectivity index (χ1n) is 5.31. The number of aromatic amines is 1. The summed E-state index contributed by atoms with van der Waals surface area (Å²) < 4.78 is 25.9. The zero-order chi connectivity index (χ0) is 12.0. The Bertz CT molecular complexity index is 384. The highest BCUT2D eigenvalue weighted by atomic mass is 32.2. The zero-order valence-corrected chi connectivity index (χ0v) is 10.4. The quantitative estimate of drug-likeness (QED) is 0.711. The van der Waals surface area contributed by atoms with Crippen LogP contribution in [0.4, 0.5) is 0 Å². The summed E-state index contributed by atoms with van der Waals surface area (Å²) in [6, 6.07) is 0. The number of H-pyrrole nitrogens is 1. The molecule has 16 heavy (non-hydrogen) atoms. The third-order valence-electron chi connectivity index (χ3n) is 2.40. The standard InChI is InChI=1S/C9H18N4O2S/c1-3-13(4-2)6-5-12-16(14,15)9-7-10-11-8-9/h7-8,12H,3-6H2,1-2H3,(H,10,11). The van der Waals surface area contributed by atoms with Gasteiger partial charge >= 0.3 is 0 Å². The number of sulfonamides is 1. The molecule has 1 aromatic rings. The molecule has 1 heterocycles. The maximum atomic E-state index is 11.7. The van der Waals surface area contributed by atoms with Gasteiger partial charge in [0.15, 0.2) is 0 Å². The number of likely N-dealkylation sites (N-methyl/N-ethyl adjacent to an activating group) is 1. The van der Waals surface area contributed by atoms with Crippen molar-refractivity contribution in [1.29, 1.82) is 0 Å². The molecule has 0 saturated carbocycles. The maximum absolute atomic E-state index is 11.7. The van der Waals surface area contributed by atoms with Gasteiger partial charge in [0.1, 0.15) is 4.90 Å². The molecular weight excluding hydrogens is 228 g/mol. The summed E-state index contributed by atoms with van der Waals surface area (Å²) >= 11 is 0. The Labute approximate surface area is 96.1 Å². The predicted molar refractivity (Wildman–Crippen MR) is 61.6 cm³/mol. The van der Waals surface area contributed by atoms with E-state index in [9.17, 15) is 8.42 Å². The molecular formula is C9H18N4O2S. The smallest absolute Gasteiger partial charge is 0.243 e. The predicted octanol–water partition coefficient (Wildman–Crippen LogP) is 0.0298. The van der Waals surface area contributed by atoms with E-state index < -0.39 is 10.0 Å². The summed E-state index contributed by atoms with van der Waals surface area (Å²) in [7, 11) is -3.40. The minimum atomic E-state index is -3.40. The summed E-state index contributed by atoms with van der Waals surface area (Å²) in [5, 5.41) is 6.09. The zero-order valence-electron chi connectivity index (χ0n) is 9.60. The van der Waals surface area contributed by atoms with E-state index in [4.69, 9.17) is 0 Å². The number of rotatable bonds is 7. The molecule has 0 radical (unpaired) electrons. The number of nitrogens with one attached hydrogen (secondary N) is 2. The van der Waals surface area contributed by atoms with E-state index >= 15 is 0 Å². The Hall–Kier alpha value is -0.920. The third-order valence-corrected chi connectivity index (χ3v) is 3.83. The van der Waals surface area contributed by atoms with Gasteiger partial charge in [0.25, 0.3) is 0 Å². The highest BCUT2D eigenvalue weighted by Gasteiger charge is 2.14. The fourth-order valence-electron chi connectivity index (χ4n) is 1.35. The summed E-state index contributed by atoms with van der Waals surface area (Å²) in [5.74, 6) is 0. The monoisotopic (exact) mass is 246 g/mol. The molecule has 0 aliphatic rings. The summed E-state index contributed by atoms with van der Waals surface area (Å²) in [6.07, 6.45) is 2.65. The lowest BCUT2D eigenvalue weighted by Gasteiger charge is -2.17. The van der Waals surface area contributed by atoms with Crippen molar-refractivity contribution in [1.82, 2.24) is 19.8 Å². The van der Waals surface area contributed by atoms with E-state index in [0.717, 1.165) is 13.1 Å². The summed E-state index contributed by atoms with van der Waals surface area (Å²) in [5.41, 5.74) is 0. The minimum absolute atomic E-state index is 0.173. The van der Waals surface area contributed by atoms with E-state index in [1.807, 2.05) is 13.8 Å². The first-order valence-corrected chi connectivity index (χ1v) is 6.79. The van der Waals surface area contributed by atoms with Crippen molar-refractivity contribution in [2.24, 2.45) is 0 Å². The largest absolute Gasteiger partial charge is 0.303 e. The van der Waals surface area contributed by atoms with Gasteiger partial charge in [-0.3, -0.25) is 5.10 Å². The SMILES string of the molecule is CCN(CC)CCNS(=O)(=O)c1cn[nH]c1. The number of hydrogen-bond donors (Lipinski definition) is 2. The van der Waals surface area contributed by atoms with Crippen molar-refractivity contribution < 1.29 is 8.42 Å². The average molecular weight is 246 g/mol. The lowest BCUT2D eigenvalue weighted by atomic mass is 10.5. The lowest BCUT2D eigenvalue weighted by molar-refractivity contribution is 0.309. The molecule has 0 aliphatic carbocycles. The van der Waals surface area contributed by atoms with Crippen LogP contribution in [0.15, 0.2) is 17.3 Å². The first kappa shape index (κ1) is 13.1. The van der Waals surface area contributed by atoms with Gasteiger partial charge in [-0.2, -0.15) is 5.10 Å². The van der Waals surface area contributed by atoms with Crippen molar-refractivity contribution >= 4 is 10.0 Å². The van der Waals surface area contributed by atoms with Gasteiger partial charge in [0, 0.05) is 19.3 Å². The Balaban J connectivity index is 2.44. The van der Waals surface area contributed by atoms with Gasteiger partial charge in [-0.25, -0.2) is 13.1 Å². The van der Waals surface area contributed by atoms with Crippen LogP contribution in [-0.2, 0) is 10.0 Å².